The number of ether oxygens (including phenoxy) is 2. The van der Waals surface area contributed by atoms with E-state index < -0.39 is 0 Å². The summed E-state index contributed by atoms with van der Waals surface area (Å²) in [5.41, 5.74) is 2.58. The summed E-state index contributed by atoms with van der Waals surface area (Å²) >= 11 is 1.48. The van der Waals surface area contributed by atoms with Crippen LogP contribution in [0.25, 0.3) is 10.2 Å². The van der Waals surface area contributed by atoms with Gasteiger partial charge in [-0.25, -0.2) is 4.98 Å². The van der Waals surface area contributed by atoms with Crippen molar-refractivity contribution in [2.75, 3.05) is 46.3 Å². The van der Waals surface area contributed by atoms with E-state index in [0.29, 0.717) is 28.7 Å². The van der Waals surface area contributed by atoms with E-state index in [9.17, 15) is 4.79 Å². The first-order valence-electron chi connectivity index (χ1n) is 9.48. The third-order valence-corrected chi connectivity index (χ3v) is 5.69. The molecule has 1 aromatic heterocycles. The molecular weight excluding hydrogens is 386 g/mol. The van der Waals surface area contributed by atoms with Gasteiger partial charge in [-0.2, -0.15) is 0 Å². The van der Waals surface area contributed by atoms with Crippen molar-refractivity contribution in [2.45, 2.75) is 13.3 Å². The van der Waals surface area contributed by atoms with Crippen molar-refractivity contribution in [3.8, 4) is 11.5 Å². The van der Waals surface area contributed by atoms with Crippen LogP contribution in [0, 0.1) is 6.92 Å². The average molecular weight is 414 g/mol. The molecule has 0 saturated heterocycles. The Morgan fingerprint density at radius 1 is 1.03 bits per heavy atom. The molecule has 0 aliphatic carbocycles. The SMILES string of the molecule is COc1cc2nc(N(CCCN(C)C)C(=O)c3ccc(C)cc3)sc2cc1OC. The van der Waals surface area contributed by atoms with Crippen LogP contribution in [0.1, 0.15) is 22.3 Å². The van der Waals surface area contributed by atoms with E-state index in [4.69, 9.17) is 14.5 Å². The molecule has 3 aromatic rings. The number of hydrogen-bond donors (Lipinski definition) is 0. The smallest absolute Gasteiger partial charge is 0.260 e. The Morgan fingerprint density at radius 2 is 1.69 bits per heavy atom. The van der Waals surface area contributed by atoms with E-state index in [0.717, 1.165) is 28.7 Å². The van der Waals surface area contributed by atoms with Crippen molar-refractivity contribution >= 4 is 32.6 Å². The summed E-state index contributed by atoms with van der Waals surface area (Å²) < 4.78 is 11.7. The second kappa shape index (κ2) is 9.24. The minimum atomic E-state index is -0.0401. The lowest BCUT2D eigenvalue weighted by molar-refractivity contribution is 0.0986. The van der Waals surface area contributed by atoms with Gasteiger partial charge in [0.1, 0.15) is 0 Å². The molecule has 0 fully saturated rings. The van der Waals surface area contributed by atoms with Gasteiger partial charge in [0, 0.05) is 24.2 Å². The average Bonchev–Trinajstić information content (AvgIpc) is 3.12. The molecule has 0 bridgehead atoms. The molecule has 1 amide bonds. The van der Waals surface area contributed by atoms with Gasteiger partial charge in [0.05, 0.1) is 24.4 Å². The summed E-state index contributed by atoms with van der Waals surface area (Å²) in [7, 11) is 7.27. The Kier molecular flexibility index (Phi) is 6.71. The van der Waals surface area contributed by atoms with Crippen LogP contribution < -0.4 is 14.4 Å². The van der Waals surface area contributed by atoms with Gasteiger partial charge in [-0.1, -0.05) is 29.0 Å². The van der Waals surface area contributed by atoms with Crippen LogP contribution in [-0.4, -0.2) is 57.2 Å². The van der Waals surface area contributed by atoms with Crippen molar-refractivity contribution in [2.24, 2.45) is 0 Å². The zero-order chi connectivity index (χ0) is 21.0. The number of aryl methyl sites for hydroxylation is 1. The number of rotatable bonds is 8. The Morgan fingerprint density at radius 3 is 2.31 bits per heavy atom. The van der Waals surface area contributed by atoms with Crippen LogP contribution in [-0.2, 0) is 0 Å². The number of carbonyl (C=O) groups is 1. The second-order valence-corrected chi connectivity index (χ2v) is 8.16. The van der Waals surface area contributed by atoms with E-state index in [-0.39, 0.29) is 5.91 Å². The summed E-state index contributed by atoms with van der Waals surface area (Å²) in [4.78, 5) is 21.9. The van der Waals surface area contributed by atoms with Gasteiger partial charge in [0.25, 0.3) is 5.91 Å². The number of fused-ring (bicyclic) bond motifs is 1. The molecule has 2 aromatic carbocycles. The molecule has 0 saturated carbocycles. The topological polar surface area (TPSA) is 54.9 Å². The van der Waals surface area contributed by atoms with Crippen molar-refractivity contribution < 1.29 is 14.3 Å². The molecule has 0 aliphatic rings. The molecule has 29 heavy (non-hydrogen) atoms. The zero-order valence-corrected chi connectivity index (χ0v) is 18.4. The van der Waals surface area contributed by atoms with Gasteiger partial charge >= 0.3 is 0 Å². The molecule has 0 radical (unpaired) electrons. The Labute approximate surface area is 175 Å². The largest absolute Gasteiger partial charge is 0.493 e. The van der Waals surface area contributed by atoms with E-state index in [1.54, 1.807) is 19.1 Å². The number of thiazole rings is 1. The summed E-state index contributed by atoms with van der Waals surface area (Å²) in [6.07, 6.45) is 0.854. The minimum Gasteiger partial charge on any atom is -0.493 e. The lowest BCUT2D eigenvalue weighted by Crippen LogP contribution is -2.33. The molecule has 0 spiro atoms. The maximum absolute atomic E-state index is 13.3. The minimum absolute atomic E-state index is 0.0401. The molecule has 0 unspecified atom stereocenters. The van der Waals surface area contributed by atoms with Crippen LogP contribution in [0.2, 0.25) is 0 Å². The number of anilines is 1. The van der Waals surface area contributed by atoms with Gasteiger partial charge in [0.2, 0.25) is 0 Å². The van der Waals surface area contributed by atoms with E-state index >= 15 is 0 Å². The molecule has 3 rings (SSSR count). The molecule has 0 N–H and O–H groups in total. The predicted octanol–water partition coefficient (Wildman–Crippen LogP) is 4.22. The molecule has 6 nitrogen and oxygen atoms in total. The predicted molar refractivity (Wildman–Crippen MR) is 119 cm³/mol. The maximum atomic E-state index is 13.3. The summed E-state index contributed by atoms with van der Waals surface area (Å²) in [5.74, 6) is 1.24. The van der Waals surface area contributed by atoms with E-state index in [2.05, 4.69) is 4.90 Å². The first-order valence-corrected chi connectivity index (χ1v) is 10.3. The first-order chi connectivity index (χ1) is 13.9. The molecule has 1 heterocycles. The van der Waals surface area contributed by atoms with Crippen LogP contribution in [0.4, 0.5) is 5.13 Å². The van der Waals surface area contributed by atoms with Gasteiger partial charge in [-0.15, -0.1) is 0 Å². The summed E-state index contributed by atoms with van der Waals surface area (Å²) in [6, 6.07) is 11.4. The molecular formula is C22H27N3O3S. The van der Waals surface area contributed by atoms with Crippen molar-refractivity contribution in [1.29, 1.82) is 0 Å². The van der Waals surface area contributed by atoms with E-state index in [1.807, 2.05) is 57.4 Å². The fourth-order valence-electron chi connectivity index (χ4n) is 3.04. The van der Waals surface area contributed by atoms with Crippen LogP contribution >= 0.6 is 11.3 Å². The standard InChI is InChI=1S/C22H27N3O3S/c1-15-7-9-16(10-8-15)21(26)25(12-6-11-24(2)3)22-23-17-13-18(27-4)19(28-5)14-20(17)29-22/h7-10,13-14H,6,11-12H2,1-5H3. The summed E-state index contributed by atoms with van der Waals surface area (Å²) in [5, 5.41) is 0.680. The highest BCUT2D eigenvalue weighted by molar-refractivity contribution is 7.22. The van der Waals surface area contributed by atoms with Gasteiger partial charge in [0.15, 0.2) is 16.6 Å². The quantitative estimate of drug-likeness (QED) is 0.553. The van der Waals surface area contributed by atoms with Crippen LogP contribution in [0.15, 0.2) is 36.4 Å². The molecule has 0 aliphatic heterocycles. The molecule has 0 atom stereocenters. The Balaban J connectivity index is 1.98. The van der Waals surface area contributed by atoms with Crippen LogP contribution in [0.3, 0.4) is 0 Å². The monoisotopic (exact) mass is 413 g/mol. The fourth-order valence-corrected chi connectivity index (χ4v) is 4.04. The highest BCUT2D eigenvalue weighted by Crippen LogP contribution is 2.37. The lowest BCUT2D eigenvalue weighted by Gasteiger charge is -2.21. The van der Waals surface area contributed by atoms with Gasteiger partial charge in [-0.05, 0) is 46.1 Å². The normalized spacial score (nSPS) is 11.1. The zero-order valence-electron chi connectivity index (χ0n) is 17.6. The van der Waals surface area contributed by atoms with Crippen molar-refractivity contribution in [1.82, 2.24) is 9.88 Å². The third kappa shape index (κ3) is 4.86. The Hall–Kier alpha value is -2.64. The molecule has 7 heteroatoms. The second-order valence-electron chi connectivity index (χ2n) is 7.15. The number of carbonyl (C=O) groups excluding carboxylic acids is 1. The van der Waals surface area contributed by atoms with Crippen LogP contribution in [0.5, 0.6) is 11.5 Å². The first kappa shape index (κ1) is 21.1. The van der Waals surface area contributed by atoms with Gasteiger partial charge in [-0.3, -0.25) is 9.69 Å². The number of methoxy groups -OCH3 is 2. The molecule has 154 valence electrons. The number of hydrogen-bond acceptors (Lipinski definition) is 6. The Bertz CT molecular complexity index is 942. The maximum Gasteiger partial charge on any atom is 0.260 e. The summed E-state index contributed by atoms with van der Waals surface area (Å²) in [6.45, 7) is 3.50. The number of aromatic nitrogens is 1. The highest BCUT2D eigenvalue weighted by atomic mass is 32.1. The highest BCUT2D eigenvalue weighted by Gasteiger charge is 2.22. The third-order valence-electron chi connectivity index (χ3n) is 4.64. The van der Waals surface area contributed by atoms with Crippen molar-refractivity contribution in [3.63, 3.8) is 0 Å². The van der Waals surface area contributed by atoms with E-state index in [1.165, 1.54) is 11.3 Å². The lowest BCUT2D eigenvalue weighted by atomic mass is 10.1. The number of nitrogens with zero attached hydrogens (tertiary/aromatic N) is 3. The number of benzene rings is 2. The number of amides is 1. The van der Waals surface area contributed by atoms with Crippen molar-refractivity contribution in [3.05, 3.63) is 47.5 Å². The van der Waals surface area contributed by atoms with Gasteiger partial charge < -0.3 is 14.4 Å². The fraction of sp³-hybridized carbons (Fsp3) is 0.364.